The maximum atomic E-state index is 9.88. The molecule has 0 aromatic heterocycles. The Hall–Kier alpha value is -0.540. The molecule has 0 atom stereocenters. The molecule has 0 fully saturated rings. The fourth-order valence-corrected chi connectivity index (χ4v) is 2.55. The maximum absolute atomic E-state index is 9.88. The van der Waals surface area contributed by atoms with E-state index in [1.54, 1.807) is 6.07 Å². The van der Waals surface area contributed by atoms with E-state index in [1.807, 2.05) is 12.1 Å². The van der Waals surface area contributed by atoms with Crippen molar-refractivity contribution in [3.63, 3.8) is 0 Å². The van der Waals surface area contributed by atoms with Crippen LogP contribution in [-0.4, -0.2) is 23.1 Å². The van der Waals surface area contributed by atoms with Crippen LogP contribution < -0.4 is 0 Å². The quantitative estimate of drug-likeness (QED) is 0.805. The number of benzene rings is 1. The first-order chi connectivity index (χ1) is 8.60. The van der Waals surface area contributed by atoms with Crippen LogP contribution in [0.2, 0.25) is 0 Å². The molecule has 2 nitrogen and oxygen atoms in total. The molecule has 3 heteroatoms. The smallest absolute Gasteiger partial charge is 0.120 e. The van der Waals surface area contributed by atoms with Crippen molar-refractivity contribution >= 4 is 15.9 Å². The van der Waals surface area contributed by atoms with Crippen LogP contribution in [-0.2, 0) is 6.54 Å². The summed E-state index contributed by atoms with van der Waals surface area (Å²) in [5, 5.41) is 9.88. The Bertz CT molecular complexity index is 364. The van der Waals surface area contributed by atoms with Gasteiger partial charge in [-0.05, 0) is 30.7 Å². The molecule has 0 bridgehead atoms. The van der Waals surface area contributed by atoms with Gasteiger partial charge in [0.25, 0.3) is 0 Å². The van der Waals surface area contributed by atoms with Crippen molar-refractivity contribution in [1.82, 2.24) is 4.90 Å². The number of hydrogen-bond acceptors (Lipinski definition) is 2. The topological polar surface area (TPSA) is 23.5 Å². The van der Waals surface area contributed by atoms with Gasteiger partial charge in [0.2, 0.25) is 0 Å². The number of phenolic OH excluding ortho intramolecular Hbond substituents is 1. The van der Waals surface area contributed by atoms with Crippen LogP contribution in [0.4, 0.5) is 0 Å². The average molecular weight is 314 g/mol. The zero-order chi connectivity index (χ0) is 13.5. The summed E-state index contributed by atoms with van der Waals surface area (Å²) >= 11 is 3.46. The van der Waals surface area contributed by atoms with Crippen molar-refractivity contribution in [3.05, 3.63) is 28.2 Å². The number of phenols is 1. The molecule has 0 aliphatic heterocycles. The highest BCUT2D eigenvalue weighted by Gasteiger charge is 2.12. The van der Waals surface area contributed by atoms with Gasteiger partial charge in [-0.1, -0.05) is 49.5 Å². The van der Waals surface area contributed by atoms with Crippen molar-refractivity contribution in [3.8, 4) is 5.75 Å². The monoisotopic (exact) mass is 313 g/mol. The summed E-state index contributed by atoms with van der Waals surface area (Å²) in [6, 6.07) is 5.63. The van der Waals surface area contributed by atoms with Crippen LogP contribution >= 0.6 is 15.9 Å². The van der Waals surface area contributed by atoms with E-state index >= 15 is 0 Å². The van der Waals surface area contributed by atoms with E-state index in [2.05, 4.69) is 41.6 Å². The molecule has 0 spiro atoms. The minimum absolute atomic E-state index is 0.390. The Balaban J connectivity index is 2.70. The molecule has 0 amide bonds. The van der Waals surface area contributed by atoms with Crippen LogP contribution in [0.1, 0.15) is 39.2 Å². The molecule has 1 aromatic rings. The Morgan fingerprint density at radius 2 is 1.89 bits per heavy atom. The summed E-state index contributed by atoms with van der Waals surface area (Å²) in [5.74, 6) is 1.14. The van der Waals surface area contributed by atoms with Crippen LogP contribution in [0.15, 0.2) is 22.7 Å². The summed E-state index contributed by atoms with van der Waals surface area (Å²) in [5.41, 5.74) is 0.997. The molecular weight excluding hydrogens is 290 g/mol. The van der Waals surface area contributed by atoms with Crippen molar-refractivity contribution in [2.24, 2.45) is 5.92 Å². The van der Waals surface area contributed by atoms with Crippen molar-refractivity contribution in [1.29, 1.82) is 0 Å². The van der Waals surface area contributed by atoms with Gasteiger partial charge in [0.05, 0.1) is 0 Å². The van der Waals surface area contributed by atoms with Gasteiger partial charge >= 0.3 is 0 Å². The Labute approximate surface area is 119 Å². The zero-order valence-corrected chi connectivity index (χ0v) is 13.2. The minimum atomic E-state index is 0.390. The molecule has 0 unspecified atom stereocenters. The lowest BCUT2D eigenvalue weighted by molar-refractivity contribution is 0.224. The largest absolute Gasteiger partial charge is 0.508 e. The number of halogens is 1. The van der Waals surface area contributed by atoms with Crippen molar-refractivity contribution in [2.45, 2.75) is 40.2 Å². The molecule has 1 N–H and O–H groups in total. The maximum Gasteiger partial charge on any atom is 0.120 e. The van der Waals surface area contributed by atoms with E-state index in [0.29, 0.717) is 5.75 Å². The lowest BCUT2D eigenvalue weighted by Gasteiger charge is -2.25. The second-order valence-corrected chi connectivity index (χ2v) is 5.70. The van der Waals surface area contributed by atoms with E-state index < -0.39 is 0 Å². The van der Waals surface area contributed by atoms with Crippen LogP contribution in [0.3, 0.4) is 0 Å². The van der Waals surface area contributed by atoms with Crippen LogP contribution in [0, 0.1) is 5.92 Å². The molecule has 0 saturated heterocycles. The van der Waals surface area contributed by atoms with E-state index in [-0.39, 0.29) is 0 Å². The minimum Gasteiger partial charge on any atom is -0.508 e. The molecule has 0 aliphatic rings. The lowest BCUT2D eigenvalue weighted by atomic mass is 10.0. The molecule has 1 aromatic carbocycles. The predicted molar refractivity (Wildman–Crippen MR) is 80.8 cm³/mol. The molecule has 18 heavy (non-hydrogen) atoms. The number of nitrogens with zero attached hydrogens (tertiary/aromatic N) is 1. The Morgan fingerprint density at radius 1 is 1.22 bits per heavy atom. The fourth-order valence-electron chi connectivity index (χ4n) is 2.14. The van der Waals surface area contributed by atoms with Gasteiger partial charge in [0, 0.05) is 23.1 Å². The Kier molecular flexibility index (Phi) is 6.72. The van der Waals surface area contributed by atoms with Gasteiger partial charge in [0.1, 0.15) is 5.75 Å². The van der Waals surface area contributed by atoms with E-state index in [4.69, 9.17) is 0 Å². The predicted octanol–water partition coefficient (Wildman–Crippen LogP) is 4.41. The highest BCUT2D eigenvalue weighted by Crippen LogP contribution is 2.24. The number of rotatable bonds is 7. The fraction of sp³-hybridized carbons (Fsp3) is 0.600. The Morgan fingerprint density at radius 3 is 2.44 bits per heavy atom. The third-order valence-electron chi connectivity index (χ3n) is 3.55. The number of hydrogen-bond donors (Lipinski definition) is 1. The first-order valence-electron chi connectivity index (χ1n) is 6.80. The van der Waals surface area contributed by atoms with Crippen LogP contribution in [0.5, 0.6) is 5.75 Å². The zero-order valence-electron chi connectivity index (χ0n) is 11.6. The molecule has 102 valence electrons. The highest BCUT2D eigenvalue weighted by molar-refractivity contribution is 9.10. The summed E-state index contributed by atoms with van der Waals surface area (Å²) in [6.07, 6.45) is 2.44. The van der Waals surface area contributed by atoms with Gasteiger partial charge in [0.15, 0.2) is 0 Å². The molecule has 0 saturated carbocycles. The molecule has 1 rings (SSSR count). The lowest BCUT2D eigenvalue weighted by Crippen LogP contribution is -2.28. The van der Waals surface area contributed by atoms with Gasteiger partial charge < -0.3 is 5.11 Å². The third-order valence-corrected chi connectivity index (χ3v) is 4.05. The van der Waals surface area contributed by atoms with E-state index in [0.717, 1.165) is 35.6 Å². The van der Waals surface area contributed by atoms with Crippen molar-refractivity contribution in [2.75, 3.05) is 13.1 Å². The summed E-state index contributed by atoms with van der Waals surface area (Å²) in [7, 11) is 0. The summed E-state index contributed by atoms with van der Waals surface area (Å²) < 4.78 is 1.02. The first-order valence-corrected chi connectivity index (χ1v) is 7.59. The van der Waals surface area contributed by atoms with Gasteiger partial charge in [-0.3, -0.25) is 4.90 Å². The summed E-state index contributed by atoms with van der Waals surface area (Å²) in [4.78, 5) is 2.40. The average Bonchev–Trinajstić information content (AvgIpc) is 2.38. The van der Waals surface area contributed by atoms with Gasteiger partial charge in [-0.2, -0.15) is 0 Å². The SMILES string of the molecule is CCC(CC)CN(CC)Cc1cc(Br)ccc1O. The standard InChI is InChI=1S/C15H24BrNO/c1-4-12(5-2)10-17(6-3)11-13-9-14(16)7-8-15(13)18/h7-9,12,18H,4-6,10-11H2,1-3H3. The summed E-state index contributed by atoms with van der Waals surface area (Å²) in [6.45, 7) is 9.62. The van der Waals surface area contributed by atoms with Gasteiger partial charge in [-0.15, -0.1) is 0 Å². The molecule has 0 radical (unpaired) electrons. The van der Waals surface area contributed by atoms with E-state index in [1.165, 1.54) is 12.8 Å². The highest BCUT2D eigenvalue weighted by atomic mass is 79.9. The van der Waals surface area contributed by atoms with E-state index in [9.17, 15) is 5.11 Å². The van der Waals surface area contributed by atoms with Crippen LogP contribution in [0.25, 0.3) is 0 Å². The number of aromatic hydroxyl groups is 1. The second kappa shape index (κ2) is 7.80. The van der Waals surface area contributed by atoms with Crippen molar-refractivity contribution < 1.29 is 5.11 Å². The normalized spacial score (nSPS) is 11.4. The third kappa shape index (κ3) is 4.62. The molecule has 0 aliphatic carbocycles. The van der Waals surface area contributed by atoms with Gasteiger partial charge in [-0.25, -0.2) is 0 Å². The molecular formula is C15H24BrNO. The second-order valence-electron chi connectivity index (χ2n) is 4.78. The first kappa shape index (κ1) is 15.5. The molecule has 0 heterocycles.